The molecule has 0 aliphatic rings. The van der Waals surface area contributed by atoms with Crippen LogP contribution in [0.15, 0.2) is 0 Å². The molecule has 0 saturated heterocycles. The molecular weight excluding hydrogens is 208 g/mol. The molecule has 0 radical (unpaired) electrons. The van der Waals surface area contributed by atoms with E-state index in [2.05, 4.69) is 27.7 Å². The maximum atomic E-state index is 2.33. The molecule has 0 spiro atoms. The molecule has 0 fully saturated rings. The molecular formula is C12H28OTi. The molecule has 1 nitrogen and oxygen atoms in total. The van der Waals surface area contributed by atoms with E-state index in [1.807, 2.05) is 0 Å². The summed E-state index contributed by atoms with van der Waals surface area (Å²) >= 11 is 0.439. The van der Waals surface area contributed by atoms with Gasteiger partial charge in [-0.1, -0.05) is 0 Å². The first-order chi connectivity index (χ1) is 6.13. The van der Waals surface area contributed by atoms with E-state index in [1.54, 1.807) is 9.45 Å². The normalized spacial score (nSPS) is 10.4. The van der Waals surface area contributed by atoms with Gasteiger partial charge in [-0.25, -0.2) is 0 Å². The van der Waals surface area contributed by atoms with E-state index in [4.69, 9.17) is 0 Å². The molecule has 14 heavy (non-hydrogen) atoms. The Morgan fingerprint density at radius 3 is 1.43 bits per heavy atom. The Morgan fingerprint density at radius 1 is 0.786 bits per heavy atom. The topological polar surface area (TPSA) is 31.5 Å². The van der Waals surface area contributed by atoms with Crippen LogP contribution in [0.3, 0.4) is 0 Å². The van der Waals surface area contributed by atoms with Crippen molar-refractivity contribution in [1.29, 1.82) is 0 Å². The van der Waals surface area contributed by atoms with E-state index >= 15 is 0 Å². The second-order valence-corrected chi connectivity index (χ2v) is 7.16. The third kappa shape index (κ3) is 15.2. The fourth-order valence-electron chi connectivity index (χ4n) is 1.40. The van der Waals surface area contributed by atoms with Gasteiger partial charge < -0.3 is 5.48 Å². The van der Waals surface area contributed by atoms with Crippen molar-refractivity contribution in [3.63, 3.8) is 0 Å². The maximum Gasteiger partial charge on any atom is -0.412 e. The Labute approximate surface area is 99.3 Å². The van der Waals surface area contributed by atoms with Gasteiger partial charge in [-0.2, -0.15) is 0 Å². The second kappa shape index (κ2) is 11.7. The molecule has 0 aromatic heterocycles. The van der Waals surface area contributed by atoms with Crippen molar-refractivity contribution in [2.45, 2.75) is 62.8 Å². The monoisotopic (exact) mass is 236 g/mol. The molecule has 0 rings (SSSR count). The van der Waals surface area contributed by atoms with Crippen molar-refractivity contribution in [1.82, 2.24) is 0 Å². The molecule has 0 aliphatic carbocycles. The van der Waals surface area contributed by atoms with Crippen LogP contribution in [0.4, 0.5) is 0 Å². The molecule has 0 heterocycles. The van der Waals surface area contributed by atoms with Gasteiger partial charge in [0.05, 0.1) is 0 Å². The van der Waals surface area contributed by atoms with Crippen molar-refractivity contribution in [2.75, 3.05) is 0 Å². The van der Waals surface area contributed by atoms with Crippen LogP contribution in [0, 0.1) is 11.8 Å². The third-order valence-corrected chi connectivity index (χ3v) is 4.48. The van der Waals surface area contributed by atoms with E-state index in [0.717, 1.165) is 11.8 Å². The maximum absolute atomic E-state index is 2.33. The molecule has 0 unspecified atom stereocenters. The molecule has 2 N–H and O–H groups in total. The predicted molar refractivity (Wildman–Crippen MR) is 61.4 cm³/mol. The molecule has 0 atom stereocenters. The van der Waals surface area contributed by atoms with Gasteiger partial charge in [0, 0.05) is 0 Å². The quantitative estimate of drug-likeness (QED) is 0.451. The zero-order valence-corrected chi connectivity index (χ0v) is 12.0. The number of rotatable bonds is 8. The van der Waals surface area contributed by atoms with E-state index < -0.39 is 0 Å². The van der Waals surface area contributed by atoms with E-state index in [1.165, 1.54) is 25.7 Å². The first kappa shape index (κ1) is 17.1. The van der Waals surface area contributed by atoms with Gasteiger partial charge in [0.15, 0.2) is 0 Å². The average molecular weight is 236 g/mol. The molecule has 0 amide bonds. The van der Waals surface area contributed by atoms with Gasteiger partial charge in [0.2, 0.25) is 0 Å². The van der Waals surface area contributed by atoms with Crippen molar-refractivity contribution < 1.29 is 24.6 Å². The van der Waals surface area contributed by atoms with Crippen LogP contribution in [0.1, 0.15) is 53.4 Å². The number of hydrogen-bond donors (Lipinski definition) is 0. The minimum Gasteiger partial charge on any atom is -0.412 e. The SMILES string of the molecule is CC(C)CC[CH2][Ti][CH2]CCC(C)C.O. The average Bonchev–Trinajstić information content (AvgIpc) is 2.01. The van der Waals surface area contributed by atoms with Gasteiger partial charge in [-0.15, -0.1) is 0 Å². The van der Waals surface area contributed by atoms with E-state index in [-0.39, 0.29) is 5.48 Å². The first-order valence-electron chi connectivity index (χ1n) is 5.83. The summed E-state index contributed by atoms with van der Waals surface area (Å²) in [5.41, 5.74) is 0. The summed E-state index contributed by atoms with van der Waals surface area (Å²) in [5.74, 6) is 1.84. The summed E-state index contributed by atoms with van der Waals surface area (Å²) in [7, 11) is 0. The molecule has 0 bridgehead atoms. The summed E-state index contributed by atoms with van der Waals surface area (Å²) in [6.07, 6.45) is 5.90. The van der Waals surface area contributed by atoms with Gasteiger partial charge in [-0.3, -0.25) is 0 Å². The van der Waals surface area contributed by atoms with Crippen molar-refractivity contribution in [2.24, 2.45) is 11.8 Å². The van der Waals surface area contributed by atoms with Crippen molar-refractivity contribution >= 4 is 0 Å². The molecule has 86 valence electrons. The molecule has 0 aromatic rings. The van der Waals surface area contributed by atoms with Crippen LogP contribution in [-0.4, -0.2) is 5.48 Å². The summed E-state index contributed by atoms with van der Waals surface area (Å²) in [5, 5.41) is 0. The third-order valence-electron chi connectivity index (χ3n) is 2.27. The van der Waals surface area contributed by atoms with Gasteiger partial charge in [0.25, 0.3) is 0 Å². The van der Waals surface area contributed by atoms with Gasteiger partial charge >= 0.3 is 93.8 Å². The minimum absolute atomic E-state index is 0. The molecule has 2 heteroatoms. The summed E-state index contributed by atoms with van der Waals surface area (Å²) in [6, 6.07) is 0. The number of hydrogen-bond acceptors (Lipinski definition) is 0. The van der Waals surface area contributed by atoms with E-state index in [9.17, 15) is 0 Å². The molecule has 0 saturated carbocycles. The van der Waals surface area contributed by atoms with Crippen LogP contribution in [-0.2, 0) is 19.2 Å². The first-order valence-corrected chi connectivity index (χ1v) is 8.04. The van der Waals surface area contributed by atoms with Gasteiger partial charge in [-0.05, 0) is 0 Å². The van der Waals surface area contributed by atoms with Crippen LogP contribution in [0.25, 0.3) is 0 Å². The minimum atomic E-state index is 0. The summed E-state index contributed by atoms with van der Waals surface area (Å²) < 4.78 is 3.16. The fourth-order valence-corrected chi connectivity index (χ4v) is 3.20. The van der Waals surface area contributed by atoms with Gasteiger partial charge in [0.1, 0.15) is 0 Å². The van der Waals surface area contributed by atoms with E-state index in [0.29, 0.717) is 19.2 Å². The smallest absolute Gasteiger partial charge is 0.412 e. The summed E-state index contributed by atoms with van der Waals surface area (Å²) in [4.78, 5) is 0. The molecule has 0 aromatic carbocycles. The zero-order chi connectivity index (χ0) is 10.1. The fraction of sp³-hybridized carbons (Fsp3) is 1.00. The van der Waals surface area contributed by atoms with Crippen LogP contribution in [0.2, 0.25) is 9.45 Å². The van der Waals surface area contributed by atoms with Crippen molar-refractivity contribution in [3.05, 3.63) is 0 Å². The Morgan fingerprint density at radius 2 is 1.14 bits per heavy atom. The Balaban J connectivity index is 0. The summed E-state index contributed by atoms with van der Waals surface area (Å²) in [6.45, 7) is 9.33. The molecule has 0 aliphatic heterocycles. The Kier molecular flexibility index (Phi) is 14.3. The van der Waals surface area contributed by atoms with Crippen LogP contribution in [0.5, 0.6) is 0 Å². The standard InChI is InChI=1S/2C6H13.H2O.Ti/c2*1-4-5-6(2)3;;/h2*6H,1,4-5H2,2-3H3;1H2;. The largest absolute Gasteiger partial charge is 0.412 e. The van der Waals surface area contributed by atoms with Crippen LogP contribution >= 0.6 is 0 Å². The second-order valence-electron chi connectivity index (χ2n) is 4.82. The Hall–Kier alpha value is 0.674. The Bertz CT molecular complexity index is 90.5. The van der Waals surface area contributed by atoms with Crippen LogP contribution < -0.4 is 0 Å². The zero-order valence-electron chi connectivity index (χ0n) is 10.4. The predicted octanol–water partition coefficient (Wildman–Crippen LogP) is 3.95. The van der Waals surface area contributed by atoms with Crippen molar-refractivity contribution in [3.8, 4) is 0 Å².